The molecule has 0 spiro atoms. The molecule has 82 valence electrons. The summed E-state index contributed by atoms with van der Waals surface area (Å²) in [4.78, 5) is 0. The van der Waals surface area contributed by atoms with Crippen LogP contribution in [0, 0.1) is 11.3 Å². The van der Waals surface area contributed by atoms with Crippen molar-refractivity contribution in [2.75, 3.05) is 6.54 Å². The van der Waals surface area contributed by atoms with Gasteiger partial charge >= 0.3 is 0 Å². The average Bonchev–Trinajstić information content (AvgIpc) is 2.28. The van der Waals surface area contributed by atoms with Crippen molar-refractivity contribution in [3.63, 3.8) is 0 Å². The predicted octanol–water partition coefficient (Wildman–Crippen LogP) is 2.12. The Kier molecular flexibility index (Phi) is 2.05. The molecule has 0 saturated carbocycles. The van der Waals surface area contributed by atoms with Crippen LogP contribution in [0.1, 0.15) is 36.5 Å². The fourth-order valence-electron chi connectivity index (χ4n) is 3.35. The monoisotopic (exact) mass is 212 g/mol. The van der Waals surface area contributed by atoms with Crippen molar-refractivity contribution in [3.8, 4) is 6.07 Å². The molecule has 1 aromatic carbocycles. The van der Waals surface area contributed by atoms with Gasteiger partial charge in [-0.15, -0.1) is 0 Å². The summed E-state index contributed by atoms with van der Waals surface area (Å²) in [5.74, 6) is 0. The Labute approximate surface area is 96.3 Å². The van der Waals surface area contributed by atoms with Crippen molar-refractivity contribution < 1.29 is 0 Å². The minimum atomic E-state index is 0.331. The summed E-state index contributed by atoms with van der Waals surface area (Å²) in [7, 11) is 0. The lowest BCUT2D eigenvalue weighted by molar-refractivity contribution is 0.249. The van der Waals surface area contributed by atoms with Crippen LogP contribution in [-0.2, 0) is 11.8 Å². The summed E-state index contributed by atoms with van der Waals surface area (Å²) in [5, 5.41) is 12.5. The fraction of sp³-hybridized carbons (Fsp3) is 0.500. The number of nitriles is 1. The third kappa shape index (κ3) is 1.36. The predicted molar refractivity (Wildman–Crippen MR) is 63.2 cm³/mol. The van der Waals surface area contributed by atoms with Gasteiger partial charge in [-0.25, -0.2) is 0 Å². The zero-order chi connectivity index (χ0) is 11.2. The number of benzene rings is 1. The van der Waals surface area contributed by atoms with E-state index in [1.54, 1.807) is 0 Å². The van der Waals surface area contributed by atoms with Crippen molar-refractivity contribution >= 4 is 0 Å². The van der Waals surface area contributed by atoms with E-state index < -0.39 is 0 Å². The smallest absolute Gasteiger partial charge is 0.0991 e. The molecule has 1 aliphatic carbocycles. The van der Waals surface area contributed by atoms with Gasteiger partial charge in [0.05, 0.1) is 11.6 Å². The first-order chi connectivity index (χ1) is 7.71. The van der Waals surface area contributed by atoms with Crippen LogP contribution in [0.2, 0.25) is 0 Å². The molecule has 1 fully saturated rings. The van der Waals surface area contributed by atoms with E-state index in [9.17, 15) is 0 Å². The lowest BCUT2D eigenvalue weighted by Gasteiger charge is -2.45. The topological polar surface area (TPSA) is 35.8 Å². The summed E-state index contributed by atoms with van der Waals surface area (Å²) in [6.45, 7) is 3.49. The molecule has 2 nitrogen and oxygen atoms in total. The van der Waals surface area contributed by atoms with Gasteiger partial charge in [0.25, 0.3) is 0 Å². The van der Waals surface area contributed by atoms with Crippen LogP contribution >= 0.6 is 0 Å². The first-order valence-corrected chi connectivity index (χ1v) is 5.98. The van der Waals surface area contributed by atoms with Gasteiger partial charge in [0.2, 0.25) is 0 Å². The zero-order valence-corrected chi connectivity index (χ0v) is 9.59. The number of nitrogens with one attached hydrogen (secondary N) is 1. The van der Waals surface area contributed by atoms with E-state index in [1.165, 1.54) is 24.0 Å². The molecule has 2 atom stereocenters. The van der Waals surface area contributed by atoms with Gasteiger partial charge in [0.15, 0.2) is 0 Å². The number of nitrogens with zero attached hydrogens (tertiary/aromatic N) is 1. The largest absolute Gasteiger partial charge is 0.314 e. The Balaban J connectivity index is 2.13. The molecule has 16 heavy (non-hydrogen) atoms. The molecule has 2 aliphatic rings. The number of piperidine rings is 1. The molecule has 1 aliphatic heterocycles. The molecule has 1 unspecified atom stereocenters. The van der Waals surface area contributed by atoms with Gasteiger partial charge in [-0.3, -0.25) is 0 Å². The summed E-state index contributed by atoms with van der Waals surface area (Å²) < 4.78 is 0. The minimum absolute atomic E-state index is 0.331. The Morgan fingerprint density at radius 2 is 2.38 bits per heavy atom. The Hall–Kier alpha value is -1.33. The maximum absolute atomic E-state index is 8.94. The Morgan fingerprint density at radius 1 is 1.50 bits per heavy atom. The third-order valence-corrected chi connectivity index (χ3v) is 4.16. The summed E-state index contributed by atoms with van der Waals surface area (Å²) in [6, 6.07) is 9.06. The first kappa shape index (κ1) is 9.86. The van der Waals surface area contributed by atoms with Gasteiger partial charge in [0.1, 0.15) is 0 Å². The van der Waals surface area contributed by atoms with Gasteiger partial charge in [-0.2, -0.15) is 5.26 Å². The molecule has 0 aromatic heterocycles. The summed E-state index contributed by atoms with van der Waals surface area (Å²) >= 11 is 0. The molecule has 1 heterocycles. The molecule has 1 saturated heterocycles. The van der Waals surface area contributed by atoms with Crippen LogP contribution in [0.4, 0.5) is 0 Å². The molecule has 1 aromatic rings. The van der Waals surface area contributed by atoms with Crippen molar-refractivity contribution in [2.24, 2.45) is 0 Å². The Morgan fingerprint density at radius 3 is 3.19 bits per heavy atom. The molecule has 0 radical (unpaired) electrons. The number of hydrogen-bond donors (Lipinski definition) is 1. The fourth-order valence-corrected chi connectivity index (χ4v) is 3.35. The van der Waals surface area contributed by atoms with Crippen molar-refractivity contribution in [2.45, 2.75) is 37.6 Å². The second kappa shape index (κ2) is 3.33. The van der Waals surface area contributed by atoms with Crippen LogP contribution in [0.15, 0.2) is 18.2 Å². The lowest BCUT2D eigenvalue weighted by atomic mass is 9.65. The number of rotatable bonds is 0. The molecular formula is C14H16N2. The van der Waals surface area contributed by atoms with E-state index in [0.29, 0.717) is 11.5 Å². The highest BCUT2D eigenvalue weighted by Crippen LogP contribution is 2.41. The SMILES string of the molecule is CC12CCN[C@H](Cc3cc(C#N)ccc31)C2. The second-order valence-corrected chi connectivity index (χ2v) is 5.35. The second-order valence-electron chi connectivity index (χ2n) is 5.35. The third-order valence-electron chi connectivity index (χ3n) is 4.16. The van der Waals surface area contributed by atoms with Gasteiger partial charge in [-0.1, -0.05) is 13.0 Å². The quantitative estimate of drug-likeness (QED) is 0.715. The highest BCUT2D eigenvalue weighted by atomic mass is 14.9. The molecule has 3 rings (SSSR count). The van der Waals surface area contributed by atoms with Gasteiger partial charge in [-0.05, 0) is 54.5 Å². The average molecular weight is 212 g/mol. The van der Waals surface area contributed by atoms with Crippen molar-refractivity contribution in [1.29, 1.82) is 5.26 Å². The standard InChI is InChI=1S/C14H16N2/c1-14-4-5-16-12(8-14)7-11-6-10(9-15)2-3-13(11)14/h2-3,6,12,16H,4-5,7-8H2,1H3/t12-,14?/m1/s1. The van der Waals surface area contributed by atoms with Crippen LogP contribution in [0.5, 0.6) is 0 Å². The highest BCUT2D eigenvalue weighted by Gasteiger charge is 2.39. The highest BCUT2D eigenvalue weighted by molar-refractivity contribution is 5.44. The maximum atomic E-state index is 8.94. The molecular weight excluding hydrogens is 196 g/mol. The molecule has 2 bridgehead atoms. The van der Waals surface area contributed by atoms with E-state index >= 15 is 0 Å². The number of fused-ring (bicyclic) bond motifs is 4. The summed E-state index contributed by atoms with van der Waals surface area (Å²) in [6.07, 6.45) is 3.54. The van der Waals surface area contributed by atoms with Gasteiger partial charge < -0.3 is 5.32 Å². The van der Waals surface area contributed by atoms with Crippen LogP contribution < -0.4 is 5.32 Å². The van der Waals surface area contributed by atoms with E-state index in [2.05, 4.69) is 30.4 Å². The zero-order valence-electron chi connectivity index (χ0n) is 9.59. The van der Waals surface area contributed by atoms with Crippen molar-refractivity contribution in [1.82, 2.24) is 5.32 Å². The van der Waals surface area contributed by atoms with E-state index in [0.717, 1.165) is 18.5 Å². The van der Waals surface area contributed by atoms with Gasteiger partial charge in [0, 0.05) is 6.04 Å². The summed E-state index contributed by atoms with van der Waals surface area (Å²) in [5.41, 5.74) is 3.98. The molecule has 0 amide bonds. The van der Waals surface area contributed by atoms with Crippen molar-refractivity contribution in [3.05, 3.63) is 34.9 Å². The van der Waals surface area contributed by atoms with Crippen LogP contribution in [0.25, 0.3) is 0 Å². The van der Waals surface area contributed by atoms with Crippen LogP contribution in [-0.4, -0.2) is 12.6 Å². The van der Waals surface area contributed by atoms with E-state index in [4.69, 9.17) is 5.26 Å². The minimum Gasteiger partial charge on any atom is -0.314 e. The van der Waals surface area contributed by atoms with E-state index in [-0.39, 0.29) is 0 Å². The normalized spacial score (nSPS) is 31.6. The lowest BCUT2D eigenvalue weighted by Crippen LogP contribution is -2.49. The Bertz CT molecular complexity index is 472. The molecule has 2 heteroatoms. The van der Waals surface area contributed by atoms with E-state index in [1.807, 2.05) is 6.07 Å². The maximum Gasteiger partial charge on any atom is 0.0991 e. The number of hydrogen-bond acceptors (Lipinski definition) is 2. The first-order valence-electron chi connectivity index (χ1n) is 5.98. The van der Waals surface area contributed by atoms with Crippen LogP contribution in [0.3, 0.4) is 0 Å². The molecule has 1 N–H and O–H groups in total.